The summed E-state index contributed by atoms with van der Waals surface area (Å²) in [5.74, 6) is 0. The second kappa shape index (κ2) is 5.12. The summed E-state index contributed by atoms with van der Waals surface area (Å²) in [6.45, 7) is 6.96. The third-order valence-corrected chi connectivity index (χ3v) is 5.54. The topological polar surface area (TPSA) is 3.24 Å². The van der Waals surface area contributed by atoms with E-state index in [-0.39, 0.29) is 0 Å². The molecule has 0 atom stereocenters. The number of benzene rings is 1. The normalized spacial score (nSPS) is 22.2. The molecule has 0 radical (unpaired) electrons. The molecule has 1 saturated heterocycles. The molecule has 1 aliphatic carbocycles. The Morgan fingerprint density at radius 1 is 1.00 bits per heavy atom. The Labute approximate surface area is 125 Å². The minimum absolute atomic E-state index is 0.646. The average Bonchev–Trinajstić information content (AvgIpc) is 2.52. The van der Waals surface area contributed by atoms with Crippen LogP contribution >= 0.6 is 15.9 Å². The summed E-state index contributed by atoms with van der Waals surface area (Å²) < 4.78 is 1.27. The molecule has 1 aromatic carbocycles. The second-order valence-electron chi connectivity index (χ2n) is 6.68. The molecule has 2 fully saturated rings. The fourth-order valence-corrected chi connectivity index (χ4v) is 4.95. The van der Waals surface area contributed by atoms with E-state index in [2.05, 4.69) is 46.8 Å². The van der Waals surface area contributed by atoms with Crippen LogP contribution in [0.15, 0.2) is 16.6 Å². The first kappa shape index (κ1) is 13.5. The molecule has 1 saturated carbocycles. The van der Waals surface area contributed by atoms with Gasteiger partial charge in [-0.25, -0.2) is 0 Å². The largest absolute Gasteiger partial charge is 0.369 e. The molecule has 104 valence electrons. The van der Waals surface area contributed by atoms with Gasteiger partial charge in [0.2, 0.25) is 0 Å². The Kier molecular flexibility index (Phi) is 3.63. The molecule has 2 heteroatoms. The summed E-state index contributed by atoms with van der Waals surface area (Å²) in [4.78, 5) is 2.59. The van der Waals surface area contributed by atoms with Crippen LogP contribution in [0.3, 0.4) is 0 Å². The van der Waals surface area contributed by atoms with E-state index < -0.39 is 0 Å². The number of hydrogen-bond acceptors (Lipinski definition) is 1. The van der Waals surface area contributed by atoms with Gasteiger partial charge in [-0.2, -0.15) is 0 Å². The van der Waals surface area contributed by atoms with E-state index in [0.717, 1.165) is 0 Å². The maximum absolute atomic E-state index is 3.76. The van der Waals surface area contributed by atoms with Crippen molar-refractivity contribution in [2.75, 3.05) is 18.0 Å². The van der Waals surface area contributed by atoms with Gasteiger partial charge in [0.05, 0.1) is 5.69 Å². The van der Waals surface area contributed by atoms with E-state index in [1.807, 2.05) is 0 Å². The van der Waals surface area contributed by atoms with Crippen LogP contribution in [-0.4, -0.2) is 13.1 Å². The Bertz CT molecular complexity index is 441. The molecule has 1 heterocycles. The van der Waals surface area contributed by atoms with Crippen LogP contribution in [0, 0.1) is 19.3 Å². The summed E-state index contributed by atoms with van der Waals surface area (Å²) >= 11 is 3.76. The predicted molar refractivity (Wildman–Crippen MR) is 86.0 cm³/mol. The van der Waals surface area contributed by atoms with Crippen molar-refractivity contribution in [2.45, 2.75) is 52.4 Å². The van der Waals surface area contributed by atoms with E-state index in [0.29, 0.717) is 5.41 Å². The zero-order valence-corrected chi connectivity index (χ0v) is 13.7. The lowest BCUT2D eigenvalue weighted by atomic mass is 9.73. The lowest BCUT2D eigenvalue weighted by Gasteiger charge is -2.52. The lowest BCUT2D eigenvalue weighted by molar-refractivity contribution is 0.180. The molecule has 1 aliphatic heterocycles. The molecule has 2 aliphatic rings. The minimum atomic E-state index is 0.646. The Hall–Kier alpha value is -0.500. The highest BCUT2D eigenvalue weighted by atomic mass is 79.9. The quantitative estimate of drug-likeness (QED) is 0.684. The van der Waals surface area contributed by atoms with Gasteiger partial charge in [0, 0.05) is 23.0 Å². The maximum atomic E-state index is 3.76. The van der Waals surface area contributed by atoms with E-state index in [1.165, 1.54) is 72.9 Å². The molecular formula is C17H24BrN. The standard InChI is InChI=1S/C17H24BrN/c1-13-9-14(2)16(15(18)10-13)19-11-17(12-19)7-5-3-4-6-8-17/h9-10H,3-8,11-12H2,1-2H3. The SMILES string of the molecule is Cc1cc(C)c(N2CC3(CCCCCC3)C2)c(Br)c1. The average molecular weight is 322 g/mol. The number of anilines is 1. The van der Waals surface area contributed by atoms with Crippen LogP contribution in [0.5, 0.6) is 0 Å². The van der Waals surface area contributed by atoms with Gasteiger partial charge >= 0.3 is 0 Å². The number of rotatable bonds is 1. The monoisotopic (exact) mass is 321 g/mol. The summed E-state index contributed by atoms with van der Waals surface area (Å²) in [7, 11) is 0. The van der Waals surface area contributed by atoms with Crippen LogP contribution < -0.4 is 4.90 Å². The van der Waals surface area contributed by atoms with Crippen molar-refractivity contribution in [1.29, 1.82) is 0 Å². The first-order chi connectivity index (χ1) is 9.10. The van der Waals surface area contributed by atoms with Crippen molar-refractivity contribution < 1.29 is 0 Å². The highest BCUT2D eigenvalue weighted by Crippen LogP contribution is 2.46. The van der Waals surface area contributed by atoms with Crippen LogP contribution in [0.2, 0.25) is 0 Å². The zero-order chi connectivity index (χ0) is 13.5. The number of aryl methyl sites for hydroxylation is 2. The molecule has 0 amide bonds. The molecule has 0 unspecified atom stereocenters. The fraction of sp³-hybridized carbons (Fsp3) is 0.647. The highest BCUT2D eigenvalue weighted by molar-refractivity contribution is 9.10. The Morgan fingerprint density at radius 2 is 1.63 bits per heavy atom. The molecule has 0 bridgehead atoms. The summed E-state index contributed by atoms with van der Waals surface area (Å²) in [5.41, 5.74) is 4.83. The van der Waals surface area contributed by atoms with Crippen molar-refractivity contribution in [1.82, 2.24) is 0 Å². The van der Waals surface area contributed by atoms with Gasteiger partial charge in [0.15, 0.2) is 0 Å². The van der Waals surface area contributed by atoms with Crippen LogP contribution in [-0.2, 0) is 0 Å². The van der Waals surface area contributed by atoms with Gasteiger partial charge < -0.3 is 4.90 Å². The Morgan fingerprint density at radius 3 is 2.21 bits per heavy atom. The summed E-state index contributed by atoms with van der Waals surface area (Å²) in [5, 5.41) is 0. The predicted octanol–water partition coefficient (Wildman–Crippen LogP) is 5.23. The molecule has 1 nitrogen and oxygen atoms in total. The number of nitrogens with zero attached hydrogens (tertiary/aromatic N) is 1. The lowest BCUT2D eigenvalue weighted by Crippen LogP contribution is -2.56. The van der Waals surface area contributed by atoms with Crippen molar-refractivity contribution in [3.8, 4) is 0 Å². The summed E-state index contributed by atoms with van der Waals surface area (Å²) in [6.07, 6.45) is 8.70. The number of halogens is 1. The van der Waals surface area contributed by atoms with E-state index in [1.54, 1.807) is 0 Å². The molecule has 19 heavy (non-hydrogen) atoms. The molecule has 3 rings (SSSR count). The molecule has 1 aromatic rings. The van der Waals surface area contributed by atoms with Crippen LogP contribution in [0.4, 0.5) is 5.69 Å². The van der Waals surface area contributed by atoms with Gasteiger partial charge in [-0.15, -0.1) is 0 Å². The molecule has 0 aromatic heterocycles. The third-order valence-electron chi connectivity index (χ3n) is 4.93. The van der Waals surface area contributed by atoms with Crippen LogP contribution in [0.1, 0.15) is 49.7 Å². The maximum Gasteiger partial charge on any atom is 0.0540 e. The van der Waals surface area contributed by atoms with Crippen molar-refractivity contribution in [3.63, 3.8) is 0 Å². The van der Waals surface area contributed by atoms with Gasteiger partial charge in [-0.3, -0.25) is 0 Å². The second-order valence-corrected chi connectivity index (χ2v) is 7.54. The highest BCUT2D eigenvalue weighted by Gasteiger charge is 2.43. The van der Waals surface area contributed by atoms with E-state index in [4.69, 9.17) is 0 Å². The molecule has 0 N–H and O–H groups in total. The van der Waals surface area contributed by atoms with Gasteiger partial charge in [-0.05, 0) is 59.8 Å². The van der Waals surface area contributed by atoms with Crippen LogP contribution in [0.25, 0.3) is 0 Å². The minimum Gasteiger partial charge on any atom is -0.369 e. The van der Waals surface area contributed by atoms with E-state index >= 15 is 0 Å². The van der Waals surface area contributed by atoms with Gasteiger partial charge in [0.1, 0.15) is 0 Å². The number of hydrogen-bond donors (Lipinski definition) is 0. The van der Waals surface area contributed by atoms with Crippen molar-refractivity contribution >= 4 is 21.6 Å². The third kappa shape index (κ3) is 2.56. The van der Waals surface area contributed by atoms with Gasteiger partial charge in [-0.1, -0.05) is 31.7 Å². The molecular weight excluding hydrogens is 298 g/mol. The smallest absolute Gasteiger partial charge is 0.0540 e. The fourth-order valence-electron chi connectivity index (χ4n) is 4.02. The Balaban J connectivity index is 1.76. The molecule has 1 spiro atoms. The van der Waals surface area contributed by atoms with Crippen molar-refractivity contribution in [3.05, 3.63) is 27.7 Å². The van der Waals surface area contributed by atoms with E-state index in [9.17, 15) is 0 Å². The summed E-state index contributed by atoms with van der Waals surface area (Å²) in [6, 6.07) is 4.55. The zero-order valence-electron chi connectivity index (χ0n) is 12.1. The van der Waals surface area contributed by atoms with Crippen molar-refractivity contribution in [2.24, 2.45) is 5.41 Å². The first-order valence-electron chi connectivity index (χ1n) is 7.61. The van der Waals surface area contributed by atoms with Gasteiger partial charge in [0.25, 0.3) is 0 Å². The first-order valence-corrected chi connectivity index (χ1v) is 8.41.